The van der Waals surface area contributed by atoms with Crippen molar-refractivity contribution in [2.24, 2.45) is 5.92 Å². The smallest absolute Gasteiger partial charge is 0.279 e. The number of imidazole rings is 1. The monoisotopic (exact) mass is 423 g/mol. The number of aromatic nitrogens is 4. The highest BCUT2D eigenvalue weighted by Gasteiger charge is 2.45. The Balaban J connectivity index is 1.98. The molecule has 0 saturated carbocycles. The Labute approximate surface area is 173 Å². The second-order valence-corrected chi connectivity index (χ2v) is 10.0. The van der Waals surface area contributed by atoms with E-state index >= 15 is 0 Å². The van der Waals surface area contributed by atoms with Gasteiger partial charge >= 0.3 is 0 Å². The van der Waals surface area contributed by atoms with Crippen molar-refractivity contribution in [3.05, 3.63) is 22.5 Å². The van der Waals surface area contributed by atoms with E-state index in [1.54, 1.807) is 13.3 Å². The highest BCUT2D eigenvalue weighted by atomic mass is 31.2. The Bertz CT molecular complexity index is 888. The van der Waals surface area contributed by atoms with Crippen molar-refractivity contribution < 1.29 is 9.26 Å². The van der Waals surface area contributed by atoms with Gasteiger partial charge in [-0.1, -0.05) is 13.8 Å². The lowest BCUT2D eigenvalue weighted by Crippen LogP contribution is -2.35. The third kappa shape index (κ3) is 4.26. The fourth-order valence-corrected chi connectivity index (χ4v) is 6.45. The van der Waals surface area contributed by atoms with E-state index in [1.807, 2.05) is 4.57 Å². The van der Waals surface area contributed by atoms with Gasteiger partial charge in [0.25, 0.3) is 5.56 Å². The van der Waals surface area contributed by atoms with Gasteiger partial charge < -0.3 is 14.2 Å². The van der Waals surface area contributed by atoms with Gasteiger partial charge in [0.2, 0.25) is 0 Å². The normalized spacial score (nSPS) is 26.3. The van der Waals surface area contributed by atoms with Crippen LogP contribution >= 0.6 is 8.30 Å². The SMILES string of the molecule is CC[C@H]1O[C@@H](n2cnc3c(=O)[nH]c(C)nc32)C(OP(C)N(C(C)C)C(C)C)[C@H]1C. The number of ether oxygens (including phenoxy) is 1. The second kappa shape index (κ2) is 8.80. The molecule has 3 rings (SSSR count). The van der Waals surface area contributed by atoms with Gasteiger partial charge in [-0.3, -0.25) is 14.0 Å². The Morgan fingerprint density at radius 1 is 1.34 bits per heavy atom. The molecule has 0 aliphatic carbocycles. The average Bonchev–Trinajstić information content (AvgIpc) is 3.16. The lowest BCUT2D eigenvalue weighted by Gasteiger charge is -2.37. The van der Waals surface area contributed by atoms with E-state index in [-0.39, 0.29) is 29.9 Å². The Kier molecular flexibility index (Phi) is 6.78. The zero-order chi connectivity index (χ0) is 21.5. The van der Waals surface area contributed by atoms with Crippen LogP contribution in [-0.2, 0) is 9.26 Å². The van der Waals surface area contributed by atoms with Gasteiger partial charge in [-0.05, 0) is 47.7 Å². The molecule has 29 heavy (non-hydrogen) atoms. The van der Waals surface area contributed by atoms with Crippen LogP contribution in [0.25, 0.3) is 11.2 Å². The van der Waals surface area contributed by atoms with Crippen molar-refractivity contribution in [1.29, 1.82) is 0 Å². The maximum Gasteiger partial charge on any atom is 0.279 e. The summed E-state index contributed by atoms with van der Waals surface area (Å²) >= 11 is 0. The minimum Gasteiger partial charge on any atom is -0.352 e. The molecule has 9 heteroatoms. The minimum atomic E-state index is -0.811. The van der Waals surface area contributed by atoms with Crippen molar-refractivity contribution in [2.75, 3.05) is 6.66 Å². The quantitative estimate of drug-likeness (QED) is 0.682. The molecule has 0 radical (unpaired) electrons. The number of hydrogen-bond donors (Lipinski definition) is 1. The van der Waals surface area contributed by atoms with Crippen molar-refractivity contribution >= 4 is 19.5 Å². The van der Waals surface area contributed by atoms with E-state index in [2.05, 4.69) is 67.8 Å². The van der Waals surface area contributed by atoms with Gasteiger partial charge in [0, 0.05) is 18.0 Å². The van der Waals surface area contributed by atoms with E-state index in [4.69, 9.17) is 9.26 Å². The maximum absolute atomic E-state index is 12.3. The Morgan fingerprint density at radius 3 is 2.59 bits per heavy atom. The highest BCUT2D eigenvalue weighted by molar-refractivity contribution is 7.49. The number of aryl methyl sites for hydroxylation is 1. The van der Waals surface area contributed by atoms with Crippen LogP contribution in [0.2, 0.25) is 0 Å². The van der Waals surface area contributed by atoms with Crippen LogP contribution in [0.5, 0.6) is 0 Å². The summed E-state index contributed by atoms with van der Waals surface area (Å²) in [5.74, 6) is 0.778. The number of aromatic amines is 1. The zero-order valence-electron chi connectivity index (χ0n) is 18.7. The van der Waals surface area contributed by atoms with Crippen LogP contribution in [0.4, 0.5) is 0 Å². The van der Waals surface area contributed by atoms with Gasteiger partial charge in [-0.2, -0.15) is 0 Å². The number of nitrogens with one attached hydrogen (secondary N) is 1. The summed E-state index contributed by atoms with van der Waals surface area (Å²) in [6, 6.07) is 0.780. The lowest BCUT2D eigenvalue weighted by atomic mass is 9.99. The summed E-state index contributed by atoms with van der Waals surface area (Å²) in [4.78, 5) is 23.8. The van der Waals surface area contributed by atoms with Crippen LogP contribution < -0.4 is 5.56 Å². The number of H-pyrrole nitrogens is 1. The molecule has 8 nitrogen and oxygen atoms in total. The third-order valence-electron chi connectivity index (χ3n) is 5.58. The van der Waals surface area contributed by atoms with E-state index in [9.17, 15) is 4.79 Å². The number of nitrogens with zero attached hydrogens (tertiary/aromatic N) is 4. The largest absolute Gasteiger partial charge is 0.352 e. The van der Waals surface area contributed by atoms with Crippen LogP contribution in [0.15, 0.2) is 11.1 Å². The first-order valence-corrected chi connectivity index (χ1v) is 12.1. The molecule has 5 atom stereocenters. The van der Waals surface area contributed by atoms with Crippen LogP contribution in [0.3, 0.4) is 0 Å². The molecule has 1 aliphatic heterocycles. The summed E-state index contributed by atoms with van der Waals surface area (Å²) in [5.41, 5.74) is 0.638. The number of rotatable bonds is 7. The molecule has 2 aromatic rings. The molecule has 162 valence electrons. The standard InChI is InChI=1S/C20H34N5O3P/c1-9-15-13(6)17(28-29(8)25(11(2)3)12(4)5)20(27-15)24-10-21-16-18(24)22-14(7)23-19(16)26/h10-13,15,17,20H,9H2,1-8H3,(H,22,23,26)/t13-,15+,17?,20+,29?/m0/s1. The highest BCUT2D eigenvalue weighted by Crippen LogP contribution is 2.49. The fraction of sp³-hybridized carbons (Fsp3) is 0.750. The van der Waals surface area contributed by atoms with Gasteiger partial charge in [0.15, 0.2) is 17.4 Å². The predicted molar refractivity (Wildman–Crippen MR) is 116 cm³/mol. The van der Waals surface area contributed by atoms with Crippen LogP contribution in [-0.4, -0.2) is 55.1 Å². The topological polar surface area (TPSA) is 85.3 Å². The Morgan fingerprint density at radius 2 is 2.00 bits per heavy atom. The molecule has 0 spiro atoms. The molecule has 0 amide bonds. The second-order valence-electron chi connectivity index (χ2n) is 8.41. The molecule has 2 aromatic heterocycles. The Hall–Kier alpha value is -1.34. The predicted octanol–water partition coefficient (Wildman–Crippen LogP) is 3.82. The molecule has 3 heterocycles. The summed E-state index contributed by atoms with van der Waals surface area (Å²) < 4.78 is 17.4. The van der Waals surface area contributed by atoms with Crippen LogP contribution in [0, 0.1) is 12.8 Å². The third-order valence-corrected chi connectivity index (χ3v) is 7.71. The van der Waals surface area contributed by atoms with Gasteiger partial charge in [-0.25, -0.2) is 9.97 Å². The first kappa shape index (κ1) is 22.3. The zero-order valence-corrected chi connectivity index (χ0v) is 19.6. The van der Waals surface area contributed by atoms with E-state index in [0.29, 0.717) is 29.1 Å². The van der Waals surface area contributed by atoms with Crippen molar-refractivity contribution in [2.45, 2.75) is 85.4 Å². The van der Waals surface area contributed by atoms with Gasteiger partial charge in [-0.15, -0.1) is 0 Å². The van der Waals surface area contributed by atoms with Crippen molar-refractivity contribution in [3.8, 4) is 0 Å². The van der Waals surface area contributed by atoms with E-state index in [0.717, 1.165) is 6.42 Å². The molecule has 1 saturated heterocycles. The lowest BCUT2D eigenvalue weighted by molar-refractivity contribution is -0.0287. The van der Waals surface area contributed by atoms with Gasteiger partial charge in [0.05, 0.1) is 12.4 Å². The van der Waals surface area contributed by atoms with Gasteiger partial charge in [0.1, 0.15) is 20.2 Å². The molecule has 0 bridgehead atoms. The first-order chi connectivity index (χ1) is 13.6. The molecule has 0 aromatic carbocycles. The average molecular weight is 423 g/mol. The summed E-state index contributed by atoms with van der Waals surface area (Å²) in [6.45, 7) is 17.0. The van der Waals surface area contributed by atoms with Crippen molar-refractivity contribution in [3.63, 3.8) is 0 Å². The molecule has 1 fully saturated rings. The molecule has 1 aliphatic rings. The minimum absolute atomic E-state index is 0.0838. The fourth-order valence-electron chi connectivity index (χ4n) is 4.39. The molecular weight excluding hydrogens is 389 g/mol. The summed E-state index contributed by atoms with van der Waals surface area (Å²) in [5, 5.41) is 0. The summed E-state index contributed by atoms with van der Waals surface area (Å²) in [6.07, 6.45) is 2.13. The van der Waals surface area contributed by atoms with Crippen LogP contribution in [0.1, 0.15) is 60.0 Å². The molecule has 1 N–H and O–H groups in total. The number of fused-ring (bicyclic) bond motifs is 1. The van der Waals surface area contributed by atoms with E-state index in [1.165, 1.54) is 0 Å². The summed E-state index contributed by atoms with van der Waals surface area (Å²) in [7, 11) is -0.811. The first-order valence-electron chi connectivity index (χ1n) is 10.4. The molecular formula is C20H34N5O3P. The maximum atomic E-state index is 12.3. The van der Waals surface area contributed by atoms with Crippen molar-refractivity contribution in [1.82, 2.24) is 24.2 Å². The van der Waals surface area contributed by atoms with E-state index < -0.39 is 8.30 Å². The number of hydrogen-bond acceptors (Lipinski definition) is 6. The molecule has 2 unspecified atom stereocenters.